The fourth-order valence-corrected chi connectivity index (χ4v) is 4.61. The molecular weight excluding hydrogens is 380 g/mol. The molecule has 0 bridgehead atoms. The lowest BCUT2D eigenvalue weighted by molar-refractivity contribution is 0.602. The van der Waals surface area contributed by atoms with Crippen LogP contribution in [-0.4, -0.2) is 31.2 Å². The van der Waals surface area contributed by atoms with Crippen LogP contribution in [0.3, 0.4) is 0 Å². The lowest BCUT2D eigenvalue weighted by atomic mass is 10.1. The highest BCUT2D eigenvalue weighted by Gasteiger charge is 2.17. The van der Waals surface area contributed by atoms with Crippen LogP contribution in [0.25, 0.3) is 10.2 Å². The molecule has 0 spiro atoms. The lowest BCUT2D eigenvalue weighted by Gasteiger charge is -2.17. The van der Waals surface area contributed by atoms with Crippen molar-refractivity contribution < 1.29 is 8.42 Å². The van der Waals surface area contributed by atoms with Gasteiger partial charge < -0.3 is 11.1 Å². The van der Waals surface area contributed by atoms with E-state index in [1.807, 2.05) is 19.1 Å². The number of fused-ring (bicyclic) bond motifs is 1. The van der Waals surface area contributed by atoms with Crippen molar-refractivity contribution in [3.05, 3.63) is 46.1 Å². The van der Waals surface area contributed by atoms with Gasteiger partial charge in [-0.2, -0.15) is 0 Å². The lowest BCUT2D eigenvalue weighted by Crippen LogP contribution is -2.12. The Morgan fingerprint density at radius 1 is 1.19 bits per heavy atom. The van der Waals surface area contributed by atoms with E-state index in [-0.39, 0.29) is 6.04 Å². The highest BCUT2D eigenvalue weighted by Crippen LogP contribution is 2.34. The molecule has 0 radical (unpaired) electrons. The number of benzene rings is 1. The monoisotopic (exact) mass is 404 g/mol. The number of aryl methyl sites for hydroxylation is 2. The maximum atomic E-state index is 11.6. The smallest absolute Gasteiger partial charge is 0.175 e. The first kappa shape index (κ1) is 19.7. The molecule has 2 heterocycles. The Kier molecular flexibility index (Phi) is 5.50. The molecule has 2 aromatic heterocycles. The number of anilines is 1. The number of sulfone groups is 1. The van der Waals surface area contributed by atoms with Gasteiger partial charge in [0, 0.05) is 23.6 Å². The Morgan fingerprint density at radius 2 is 1.85 bits per heavy atom. The molecule has 0 unspecified atom stereocenters. The van der Waals surface area contributed by atoms with Gasteiger partial charge in [0.25, 0.3) is 0 Å². The summed E-state index contributed by atoms with van der Waals surface area (Å²) in [5.74, 6) is 1.53. The van der Waals surface area contributed by atoms with E-state index < -0.39 is 9.84 Å². The van der Waals surface area contributed by atoms with E-state index in [1.54, 1.807) is 23.5 Å². The van der Waals surface area contributed by atoms with Crippen molar-refractivity contribution in [1.29, 1.82) is 0 Å². The van der Waals surface area contributed by atoms with E-state index in [4.69, 9.17) is 10.7 Å². The number of nitrogens with zero attached hydrogens (tertiary/aromatic N) is 2. The van der Waals surface area contributed by atoms with Crippen LogP contribution in [-0.2, 0) is 16.3 Å². The second-order valence-corrected chi connectivity index (χ2v) is 9.92. The normalized spacial score (nSPS) is 13.1. The van der Waals surface area contributed by atoms with Gasteiger partial charge in [-0.3, -0.25) is 0 Å². The van der Waals surface area contributed by atoms with E-state index in [9.17, 15) is 8.42 Å². The van der Waals surface area contributed by atoms with Crippen molar-refractivity contribution in [2.45, 2.75) is 38.1 Å². The average molecular weight is 405 g/mol. The summed E-state index contributed by atoms with van der Waals surface area (Å²) in [7, 11) is -3.20. The van der Waals surface area contributed by atoms with Crippen LogP contribution in [0.1, 0.15) is 34.8 Å². The number of hydrogen-bond donors (Lipinski definition) is 2. The molecule has 27 heavy (non-hydrogen) atoms. The van der Waals surface area contributed by atoms with Gasteiger partial charge in [-0.1, -0.05) is 12.1 Å². The standard InChI is InChI=1S/C19H24N4O2S2/c1-11-13(3)26-19-17(11)18(22-16(23-19)9-10-20)21-12(2)14-5-7-15(8-6-14)27(4,24)25/h5-8,12H,9-10,20H2,1-4H3,(H,21,22,23)/t12-/m1/s1. The molecule has 1 atom stereocenters. The van der Waals surface area contributed by atoms with Crippen molar-refractivity contribution in [3.8, 4) is 0 Å². The first-order valence-corrected chi connectivity index (χ1v) is 11.4. The molecule has 3 N–H and O–H groups in total. The molecule has 1 aromatic carbocycles. The third-order valence-corrected chi connectivity index (χ3v) is 6.83. The summed E-state index contributed by atoms with van der Waals surface area (Å²) in [6, 6.07) is 6.90. The molecule has 0 aliphatic carbocycles. The van der Waals surface area contributed by atoms with Crippen LogP contribution in [0, 0.1) is 13.8 Å². The molecule has 0 fully saturated rings. The molecule has 6 nitrogen and oxygen atoms in total. The summed E-state index contributed by atoms with van der Waals surface area (Å²) in [6.07, 6.45) is 1.83. The van der Waals surface area contributed by atoms with Crippen LogP contribution in [0.4, 0.5) is 5.82 Å². The summed E-state index contributed by atoms with van der Waals surface area (Å²) in [6.45, 7) is 6.69. The number of rotatable bonds is 6. The minimum Gasteiger partial charge on any atom is -0.363 e. The molecule has 0 saturated heterocycles. The summed E-state index contributed by atoms with van der Waals surface area (Å²) < 4.78 is 23.3. The maximum Gasteiger partial charge on any atom is 0.175 e. The van der Waals surface area contributed by atoms with Gasteiger partial charge in [0.1, 0.15) is 16.5 Å². The van der Waals surface area contributed by atoms with Crippen LogP contribution in [0.15, 0.2) is 29.2 Å². The molecule has 0 amide bonds. The van der Waals surface area contributed by atoms with Gasteiger partial charge >= 0.3 is 0 Å². The zero-order chi connectivity index (χ0) is 19.8. The van der Waals surface area contributed by atoms with E-state index in [1.165, 1.54) is 16.7 Å². The number of hydrogen-bond acceptors (Lipinski definition) is 7. The van der Waals surface area contributed by atoms with Gasteiger partial charge in [-0.15, -0.1) is 11.3 Å². The van der Waals surface area contributed by atoms with E-state index in [0.29, 0.717) is 17.9 Å². The Labute approximate surface area is 163 Å². The highest BCUT2D eigenvalue weighted by molar-refractivity contribution is 7.90. The van der Waals surface area contributed by atoms with Crippen LogP contribution in [0.2, 0.25) is 0 Å². The minimum absolute atomic E-state index is 0.0398. The zero-order valence-corrected chi connectivity index (χ0v) is 17.5. The Morgan fingerprint density at radius 3 is 2.44 bits per heavy atom. The molecule has 0 aliphatic heterocycles. The van der Waals surface area contributed by atoms with Crippen LogP contribution < -0.4 is 11.1 Å². The topological polar surface area (TPSA) is 98.0 Å². The zero-order valence-electron chi connectivity index (χ0n) is 15.9. The van der Waals surface area contributed by atoms with E-state index in [0.717, 1.165) is 27.4 Å². The van der Waals surface area contributed by atoms with Crippen molar-refractivity contribution in [2.24, 2.45) is 5.73 Å². The highest BCUT2D eigenvalue weighted by atomic mass is 32.2. The number of thiophene rings is 1. The summed E-state index contributed by atoms with van der Waals surface area (Å²) >= 11 is 1.66. The molecule has 144 valence electrons. The molecule has 0 aliphatic rings. The van der Waals surface area contributed by atoms with Crippen molar-refractivity contribution in [1.82, 2.24) is 9.97 Å². The SMILES string of the molecule is Cc1sc2nc(CCN)nc(N[C@H](C)c3ccc(S(C)(=O)=O)cc3)c2c1C. The first-order chi connectivity index (χ1) is 12.7. The summed E-state index contributed by atoms with van der Waals surface area (Å²) in [5, 5.41) is 4.52. The molecule has 3 aromatic rings. The summed E-state index contributed by atoms with van der Waals surface area (Å²) in [5.41, 5.74) is 7.85. The number of nitrogens with one attached hydrogen (secondary N) is 1. The number of nitrogens with two attached hydrogens (primary N) is 1. The fourth-order valence-electron chi connectivity index (χ4n) is 2.93. The largest absolute Gasteiger partial charge is 0.363 e. The average Bonchev–Trinajstić information content (AvgIpc) is 2.89. The van der Waals surface area contributed by atoms with Crippen LogP contribution >= 0.6 is 11.3 Å². The number of aromatic nitrogens is 2. The van der Waals surface area contributed by atoms with Gasteiger partial charge in [-0.05, 0) is 50.6 Å². The van der Waals surface area contributed by atoms with Gasteiger partial charge in [-0.25, -0.2) is 18.4 Å². The van der Waals surface area contributed by atoms with Gasteiger partial charge in [0.05, 0.1) is 10.3 Å². The Balaban J connectivity index is 1.97. The molecule has 3 rings (SSSR count). The second kappa shape index (κ2) is 7.53. The van der Waals surface area contributed by atoms with Gasteiger partial charge in [0.15, 0.2) is 9.84 Å². The van der Waals surface area contributed by atoms with Crippen molar-refractivity contribution in [3.63, 3.8) is 0 Å². The molecular formula is C19H24N4O2S2. The third-order valence-electron chi connectivity index (χ3n) is 4.60. The predicted octanol–water partition coefficient (Wildman–Crippen LogP) is 3.39. The fraction of sp³-hybridized carbons (Fsp3) is 0.368. The van der Waals surface area contributed by atoms with E-state index in [2.05, 4.69) is 24.1 Å². The quantitative estimate of drug-likeness (QED) is 0.653. The van der Waals surface area contributed by atoms with Crippen molar-refractivity contribution in [2.75, 3.05) is 18.1 Å². The third kappa shape index (κ3) is 4.12. The molecule has 0 saturated carbocycles. The molecule has 8 heteroatoms. The van der Waals surface area contributed by atoms with E-state index >= 15 is 0 Å². The van der Waals surface area contributed by atoms with Crippen LogP contribution in [0.5, 0.6) is 0 Å². The summed E-state index contributed by atoms with van der Waals surface area (Å²) in [4.78, 5) is 11.8. The van der Waals surface area contributed by atoms with Gasteiger partial charge in [0.2, 0.25) is 0 Å². The predicted molar refractivity (Wildman–Crippen MR) is 111 cm³/mol. The first-order valence-electron chi connectivity index (χ1n) is 8.74. The maximum absolute atomic E-state index is 11.6. The Hall–Kier alpha value is -2.03. The Bertz CT molecular complexity index is 1070. The second-order valence-electron chi connectivity index (χ2n) is 6.70. The minimum atomic E-state index is -3.20. The van der Waals surface area contributed by atoms with Crippen molar-refractivity contribution >= 4 is 37.2 Å².